The highest BCUT2D eigenvalue weighted by Gasteiger charge is 2.07. The van der Waals surface area contributed by atoms with E-state index in [1.165, 1.54) is 0 Å². The first-order valence-electron chi connectivity index (χ1n) is 19.1. The molecule has 0 aromatic heterocycles. The zero-order chi connectivity index (χ0) is 37.9. The van der Waals surface area contributed by atoms with Crippen LogP contribution in [0.15, 0.2) is 91.0 Å². The lowest BCUT2D eigenvalue weighted by Gasteiger charge is -2.14. The van der Waals surface area contributed by atoms with Crippen molar-refractivity contribution in [2.75, 3.05) is 39.6 Å². The van der Waals surface area contributed by atoms with Gasteiger partial charge in [0.05, 0.1) is 74.5 Å². The number of nitriles is 3. The van der Waals surface area contributed by atoms with Crippen LogP contribution in [0, 0.1) is 34.0 Å². The first kappa shape index (κ1) is 40.9. The second-order valence-electron chi connectivity index (χ2n) is 12.9. The SMILES string of the molecule is N#Cc1ccc(OCCCCCCOc2cc(OCCCCCCOc3ccc(C#N)cc3)cc(OCCCCCCOc3ccc(C#N)cc3)c2)cc1. The topological polar surface area (TPSA) is 127 Å². The molecule has 54 heavy (non-hydrogen) atoms. The van der Waals surface area contributed by atoms with E-state index in [0.717, 1.165) is 112 Å². The third kappa shape index (κ3) is 16.7. The van der Waals surface area contributed by atoms with Gasteiger partial charge in [0.15, 0.2) is 0 Å². The fraction of sp³-hybridized carbons (Fsp3) is 0.400. The van der Waals surface area contributed by atoms with Gasteiger partial charge in [-0.15, -0.1) is 0 Å². The smallest absolute Gasteiger partial charge is 0.126 e. The first-order chi connectivity index (χ1) is 26.6. The van der Waals surface area contributed by atoms with Crippen molar-refractivity contribution in [2.45, 2.75) is 77.0 Å². The van der Waals surface area contributed by atoms with Gasteiger partial charge in [0.2, 0.25) is 0 Å². The van der Waals surface area contributed by atoms with Crippen molar-refractivity contribution in [3.05, 3.63) is 108 Å². The molecule has 0 bridgehead atoms. The predicted molar refractivity (Wildman–Crippen MR) is 208 cm³/mol. The summed E-state index contributed by atoms with van der Waals surface area (Å²) < 4.78 is 35.8. The normalized spacial score (nSPS) is 10.4. The molecule has 0 unspecified atom stereocenters. The maximum Gasteiger partial charge on any atom is 0.126 e. The molecule has 0 fully saturated rings. The Morgan fingerprint density at radius 1 is 0.278 bits per heavy atom. The van der Waals surface area contributed by atoms with Gasteiger partial charge in [0, 0.05) is 18.2 Å². The molecule has 0 aliphatic rings. The van der Waals surface area contributed by atoms with Gasteiger partial charge in [-0.3, -0.25) is 0 Å². The van der Waals surface area contributed by atoms with Gasteiger partial charge in [0.1, 0.15) is 34.5 Å². The molecule has 4 aromatic carbocycles. The minimum absolute atomic E-state index is 0.606. The van der Waals surface area contributed by atoms with E-state index in [1.807, 2.05) is 54.6 Å². The van der Waals surface area contributed by atoms with Crippen LogP contribution < -0.4 is 28.4 Å². The maximum absolute atomic E-state index is 8.94. The summed E-state index contributed by atoms with van der Waals surface area (Å²) in [6.45, 7) is 3.75. The summed E-state index contributed by atoms with van der Waals surface area (Å²) in [6.07, 6.45) is 11.9. The summed E-state index contributed by atoms with van der Waals surface area (Å²) in [4.78, 5) is 0. The third-order valence-corrected chi connectivity index (χ3v) is 8.53. The fourth-order valence-electron chi connectivity index (χ4n) is 5.49. The number of hydrogen-bond acceptors (Lipinski definition) is 9. The molecule has 0 spiro atoms. The van der Waals surface area contributed by atoms with Crippen LogP contribution in [0.25, 0.3) is 0 Å². The fourth-order valence-corrected chi connectivity index (χ4v) is 5.49. The summed E-state index contributed by atoms with van der Waals surface area (Å²) in [5, 5.41) is 26.8. The molecule has 0 saturated carbocycles. The molecule has 282 valence electrons. The number of benzene rings is 4. The van der Waals surface area contributed by atoms with Crippen molar-refractivity contribution in [3.8, 4) is 52.7 Å². The molecule has 0 N–H and O–H groups in total. The zero-order valence-electron chi connectivity index (χ0n) is 31.2. The van der Waals surface area contributed by atoms with E-state index in [1.54, 1.807) is 36.4 Å². The van der Waals surface area contributed by atoms with Gasteiger partial charge < -0.3 is 28.4 Å². The van der Waals surface area contributed by atoms with Crippen LogP contribution in [-0.2, 0) is 0 Å². The number of nitrogens with zero attached hydrogens (tertiary/aromatic N) is 3. The van der Waals surface area contributed by atoms with Crippen molar-refractivity contribution in [1.29, 1.82) is 15.8 Å². The second-order valence-corrected chi connectivity index (χ2v) is 12.9. The van der Waals surface area contributed by atoms with Gasteiger partial charge in [0.25, 0.3) is 0 Å². The molecular weight excluding hydrogens is 679 g/mol. The number of unbranched alkanes of at least 4 members (excludes halogenated alkanes) is 9. The van der Waals surface area contributed by atoms with Gasteiger partial charge >= 0.3 is 0 Å². The molecule has 0 aliphatic heterocycles. The molecule has 9 heteroatoms. The lowest BCUT2D eigenvalue weighted by molar-refractivity contribution is 0.269. The van der Waals surface area contributed by atoms with Crippen molar-refractivity contribution in [1.82, 2.24) is 0 Å². The molecular formula is C45H51N3O6. The van der Waals surface area contributed by atoms with Crippen molar-refractivity contribution in [2.24, 2.45) is 0 Å². The molecule has 4 rings (SSSR count). The Labute approximate surface area is 320 Å². The highest BCUT2D eigenvalue weighted by molar-refractivity contribution is 5.42. The molecule has 0 heterocycles. The Morgan fingerprint density at radius 3 is 0.685 bits per heavy atom. The Morgan fingerprint density at radius 2 is 0.481 bits per heavy atom. The molecule has 0 atom stereocenters. The molecule has 0 amide bonds. The quantitative estimate of drug-likeness (QED) is 0.0551. The molecule has 0 saturated heterocycles. The summed E-state index contributed by atoms with van der Waals surface area (Å²) in [5.74, 6) is 4.58. The van der Waals surface area contributed by atoms with Gasteiger partial charge in [-0.2, -0.15) is 15.8 Å². The lowest BCUT2D eigenvalue weighted by atomic mass is 10.2. The highest BCUT2D eigenvalue weighted by Crippen LogP contribution is 2.29. The van der Waals surface area contributed by atoms with E-state index in [4.69, 9.17) is 44.2 Å². The lowest BCUT2D eigenvalue weighted by Crippen LogP contribution is -2.03. The van der Waals surface area contributed by atoms with Gasteiger partial charge in [-0.25, -0.2) is 0 Å². The monoisotopic (exact) mass is 729 g/mol. The van der Waals surface area contributed by atoms with Crippen molar-refractivity contribution >= 4 is 0 Å². The van der Waals surface area contributed by atoms with E-state index in [9.17, 15) is 0 Å². The van der Waals surface area contributed by atoms with Crippen LogP contribution >= 0.6 is 0 Å². The minimum atomic E-state index is 0.606. The van der Waals surface area contributed by atoms with E-state index < -0.39 is 0 Å². The maximum atomic E-state index is 8.94. The third-order valence-electron chi connectivity index (χ3n) is 8.53. The molecule has 0 aliphatic carbocycles. The van der Waals surface area contributed by atoms with Gasteiger partial charge in [-0.1, -0.05) is 0 Å². The summed E-state index contributed by atoms with van der Waals surface area (Å²) in [5.41, 5.74) is 1.89. The van der Waals surface area contributed by atoms with Crippen molar-refractivity contribution < 1.29 is 28.4 Å². The van der Waals surface area contributed by atoms with Crippen LogP contribution in [-0.4, -0.2) is 39.6 Å². The van der Waals surface area contributed by atoms with Crippen LogP contribution in [0.5, 0.6) is 34.5 Å². The number of hydrogen-bond donors (Lipinski definition) is 0. The zero-order valence-corrected chi connectivity index (χ0v) is 31.2. The number of ether oxygens (including phenoxy) is 6. The average molecular weight is 730 g/mol. The van der Waals surface area contributed by atoms with Crippen molar-refractivity contribution in [3.63, 3.8) is 0 Å². The molecule has 0 radical (unpaired) electrons. The van der Waals surface area contributed by atoms with Crippen LogP contribution in [0.4, 0.5) is 0 Å². The summed E-state index contributed by atoms with van der Waals surface area (Å²) in [6, 6.07) is 33.8. The summed E-state index contributed by atoms with van der Waals surface area (Å²) >= 11 is 0. The molecule has 9 nitrogen and oxygen atoms in total. The van der Waals surface area contributed by atoms with E-state index >= 15 is 0 Å². The standard InChI is InChI=1S/C45H51N3O6/c46-34-37-13-19-40(20-14-37)49-25-7-1-4-10-28-52-43-31-44(53-29-11-5-2-8-26-50-41-21-15-38(35-47)16-22-41)33-45(32-43)54-30-12-6-3-9-27-51-42-23-17-39(36-48)18-24-42/h13-24,31-33H,1-12,25-30H2. The van der Waals surface area contributed by atoms with Crippen LogP contribution in [0.3, 0.4) is 0 Å². The van der Waals surface area contributed by atoms with Crippen LogP contribution in [0.2, 0.25) is 0 Å². The first-order valence-corrected chi connectivity index (χ1v) is 19.1. The minimum Gasteiger partial charge on any atom is -0.494 e. The Balaban J connectivity index is 1.13. The van der Waals surface area contributed by atoms with E-state index in [0.29, 0.717) is 56.3 Å². The molecule has 4 aromatic rings. The van der Waals surface area contributed by atoms with Crippen LogP contribution in [0.1, 0.15) is 93.7 Å². The highest BCUT2D eigenvalue weighted by atomic mass is 16.5. The largest absolute Gasteiger partial charge is 0.494 e. The van der Waals surface area contributed by atoms with E-state index in [2.05, 4.69) is 18.2 Å². The average Bonchev–Trinajstić information content (AvgIpc) is 3.21. The number of rotatable bonds is 27. The summed E-state index contributed by atoms with van der Waals surface area (Å²) in [7, 11) is 0. The van der Waals surface area contributed by atoms with Gasteiger partial charge in [-0.05, 0) is 150 Å². The second kappa shape index (κ2) is 25.2. The Hall–Kier alpha value is -5.85. The Kier molecular flexibility index (Phi) is 19.1. The predicted octanol–water partition coefficient (Wildman–Crippen LogP) is 10.4. The van der Waals surface area contributed by atoms with E-state index in [-0.39, 0.29) is 0 Å². The Bertz CT molecular complexity index is 1540.